The molecule has 2 N–H and O–H groups in total. The summed E-state index contributed by atoms with van der Waals surface area (Å²) in [6.45, 7) is 1.47. The molecule has 3 aromatic heterocycles. The fourth-order valence-corrected chi connectivity index (χ4v) is 3.95. The number of rotatable bonds is 7. The van der Waals surface area contributed by atoms with E-state index in [-0.39, 0.29) is 18.7 Å². The topological polar surface area (TPSA) is 66.5 Å². The Morgan fingerprint density at radius 1 is 1.19 bits per heavy atom. The second-order valence-electron chi connectivity index (χ2n) is 6.54. The third-order valence-corrected chi connectivity index (χ3v) is 5.18. The third kappa shape index (κ3) is 3.61. The minimum atomic E-state index is -0.0531. The maximum atomic E-state index is 9.32. The van der Waals surface area contributed by atoms with Crippen molar-refractivity contribution in [2.75, 3.05) is 13.2 Å². The highest BCUT2D eigenvalue weighted by Crippen LogP contribution is 2.38. The van der Waals surface area contributed by atoms with Crippen LogP contribution in [-0.4, -0.2) is 37.8 Å². The van der Waals surface area contributed by atoms with Crippen LogP contribution in [0, 0.1) is 0 Å². The van der Waals surface area contributed by atoms with Crippen LogP contribution in [0.4, 0.5) is 0 Å². The van der Waals surface area contributed by atoms with E-state index in [0.717, 1.165) is 17.1 Å². The van der Waals surface area contributed by atoms with Gasteiger partial charge in [-0.05, 0) is 55.0 Å². The summed E-state index contributed by atoms with van der Waals surface area (Å²) in [6, 6.07) is 13.9. The number of pyridine rings is 1. The Hall–Kier alpha value is -2.64. The largest absolute Gasteiger partial charge is 0.467 e. The predicted molar refractivity (Wildman–Crippen MR) is 106 cm³/mol. The number of aliphatic hydroxyl groups excluding tert-OH is 1. The van der Waals surface area contributed by atoms with Crippen molar-refractivity contribution in [3.63, 3.8) is 0 Å². The Morgan fingerprint density at radius 3 is 2.85 bits per heavy atom. The van der Waals surface area contributed by atoms with Crippen LogP contribution >= 0.6 is 12.2 Å². The summed E-state index contributed by atoms with van der Waals surface area (Å²) >= 11 is 5.62. The summed E-state index contributed by atoms with van der Waals surface area (Å²) in [4.78, 5) is 6.70. The molecule has 1 fully saturated rings. The van der Waals surface area contributed by atoms with Gasteiger partial charge in [-0.1, -0.05) is 6.07 Å². The van der Waals surface area contributed by atoms with E-state index < -0.39 is 0 Å². The lowest BCUT2D eigenvalue weighted by atomic mass is 10.0. The molecule has 0 spiro atoms. The zero-order chi connectivity index (χ0) is 18.6. The lowest BCUT2D eigenvalue weighted by molar-refractivity contribution is 0.243. The van der Waals surface area contributed by atoms with Crippen molar-refractivity contribution >= 4 is 17.3 Å². The van der Waals surface area contributed by atoms with Crippen LogP contribution < -0.4 is 5.32 Å². The van der Waals surface area contributed by atoms with Gasteiger partial charge in [-0.3, -0.25) is 4.98 Å². The third-order valence-electron chi connectivity index (χ3n) is 4.83. The minimum Gasteiger partial charge on any atom is -0.467 e. The van der Waals surface area contributed by atoms with Crippen molar-refractivity contribution in [1.82, 2.24) is 19.8 Å². The zero-order valence-corrected chi connectivity index (χ0v) is 15.7. The van der Waals surface area contributed by atoms with Crippen LogP contribution in [0.2, 0.25) is 0 Å². The van der Waals surface area contributed by atoms with Crippen LogP contribution in [0.5, 0.6) is 0 Å². The molecule has 6 nitrogen and oxygen atoms in total. The number of aromatic nitrogens is 2. The van der Waals surface area contributed by atoms with E-state index in [1.807, 2.05) is 36.4 Å². The molecule has 0 aromatic carbocycles. The molecule has 1 aliphatic rings. The van der Waals surface area contributed by atoms with Crippen molar-refractivity contribution in [2.24, 2.45) is 0 Å². The molecule has 0 aliphatic carbocycles. The van der Waals surface area contributed by atoms with E-state index in [2.05, 4.69) is 32.0 Å². The van der Waals surface area contributed by atoms with E-state index in [4.69, 9.17) is 16.6 Å². The number of hydrogen-bond donors (Lipinski definition) is 2. The number of thiocarbonyl (C=S) groups is 1. The Bertz CT molecular complexity index is 879. The van der Waals surface area contributed by atoms with Crippen molar-refractivity contribution < 1.29 is 9.52 Å². The van der Waals surface area contributed by atoms with Crippen LogP contribution in [0.3, 0.4) is 0 Å². The van der Waals surface area contributed by atoms with E-state index in [1.54, 1.807) is 12.5 Å². The molecule has 4 heterocycles. The van der Waals surface area contributed by atoms with Crippen LogP contribution in [0.1, 0.15) is 35.7 Å². The van der Waals surface area contributed by atoms with Gasteiger partial charge in [-0.25, -0.2) is 0 Å². The summed E-state index contributed by atoms with van der Waals surface area (Å²) < 4.78 is 7.71. The fourth-order valence-electron chi connectivity index (χ4n) is 3.62. The summed E-state index contributed by atoms with van der Waals surface area (Å²) in [5, 5.41) is 13.4. The lowest BCUT2D eigenvalue weighted by Crippen LogP contribution is -2.32. The van der Waals surface area contributed by atoms with Gasteiger partial charge in [0.15, 0.2) is 5.11 Å². The van der Waals surface area contributed by atoms with Gasteiger partial charge in [0, 0.05) is 31.2 Å². The second kappa shape index (κ2) is 7.94. The molecule has 7 heteroatoms. The van der Waals surface area contributed by atoms with Crippen molar-refractivity contribution in [2.45, 2.75) is 25.0 Å². The van der Waals surface area contributed by atoms with Gasteiger partial charge < -0.3 is 24.3 Å². The average Bonchev–Trinajstić information content (AvgIpc) is 3.42. The summed E-state index contributed by atoms with van der Waals surface area (Å²) in [6.07, 6.45) is 6.20. The van der Waals surface area contributed by atoms with Gasteiger partial charge in [-0.15, -0.1) is 0 Å². The van der Waals surface area contributed by atoms with Crippen LogP contribution in [-0.2, 0) is 6.54 Å². The van der Waals surface area contributed by atoms with E-state index in [0.29, 0.717) is 24.6 Å². The molecule has 0 radical (unpaired) electrons. The molecule has 4 rings (SSSR count). The first-order valence-electron chi connectivity index (χ1n) is 9.04. The van der Waals surface area contributed by atoms with E-state index in [1.165, 1.54) is 0 Å². The SMILES string of the molecule is OCCCN1C(=S)N[C@H](c2ccccn2)[C@@H]1c1cccn1Cc1ccco1. The Labute approximate surface area is 163 Å². The standard InChI is InChI=1S/C20H22N4O2S/c25-12-5-11-24-19(18(22-20(24)27)16-7-1-2-9-21-16)17-8-3-10-23(17)14-15-6-4-13-26-15/h1-4,6-10,13,18-19,25H,5,11-12,14H2,(H,22,27)/t18-,19+/m1/s1. The number of furan rings is 1. The molecule has 140 valence electrons. The molecule has 27 heavy (non-hydrogen) atoms. The highest BCUT2D eigenvalue weighted by atomic mass is 32.1. The van der Waals surface area contributed by atoms with Gasteiger partial charge in [0.05, 0.1) is 30.6 Å². The van der Waals surface area contributed by atoms with Crippen molar-refractivity contribution in [1.29, 1.82) is 0 Å². The van der Waals surface area contributed by atoms with Gasteiger partial charge >= 0.3 is 0 Å². The van der Waals surface area contributed by atoms with Crippen molar-refractivity contribution in [3.05, 3.63) is 78.3 Å². The quantitative estimate of drug-likeness (QED) is 0.613. The lowest BCUT2D eigenvalue weighted by Gasteiger charge is -2.28. The van der Waals surface area contributed by atoms with E-state index >= 15 is 0 Å². The first-order chi connectivity index (χ1) is 13.3. The number of nitrogens with zero attached hydrogens (tertiary/aromatic N) is 3. The number of nitrogens with one attached hydrogen (secondary N) is 1. The Kier molecular flexibility index (Phi) is 5.22. The molecule has 0 bridgehead atoms. The van der Waals surface area contributed by atoms with E-state index in [9.17, 15) is 5.11 Å². The summed E-state index contributed by atoms with van der Waals surface area (Å²) in [5.41, 5.74) is 2.08. The monoisotopic (exact) mass is 382 g/mol. The zero-order valence-electron chi connectivity index (χ0n) is 14.9. The highest BCUT2D eigenvalue weighted by Gasteiger charge is 2.40. The van der Waals surface area contributed by atoms with Gasteiger partial charge in [-0.2, -0.15) is 0 Å². The fraction of sp³-hybridized carbons (Fsp3) is 0.300. The highest BCUT2D eigenvalue weighted by molar-refractivity contribution is 7.80. The minimum absolute atomic E-state index is 0.0103. The molecular weight excluding hydrogens is 360 g/mol. The Balaban J connectivity index is 1.71. The van der Waals surface area contributed by atoms with Gasteiger partial charge in [0.1, 0.15) is 5.76 Å². The average molecular weight is 382 g/mol. The summed E-state index contributed by atoms with van der Waals surface area (Å²) in [7, 11) is 0. The van der Waals surface area contributed by atoms with Crippen LogP contribution in [0.15, 0.2) is 65.5 Å². The second-order valence-corrected chi connectivity index (χ2v) is 6.92. The molecular formula is C20H22N4O2S. The molecule has 3 aromatic rings. The maximum absolute atomic E-state index is 9.32. The maximum Gasteiger partial charge on any atom is 0.170 e. The van der Waals surface area contributed by atoms with Gasteiger partial charge in [0.2, 0.25) is 0 Å². The van der Waals surface area contributed by atoms with Gasteiger partial charge in [0.25, 0.3) is 0 Å². The molecule has 1 saturated heterocycles. The predicted octanol–water partition coefficient (Wildman–Crippen LogP) is 2.88. The molecule has 0 unspecified atom stereocenters. The molecule has 0 saturated carbocycles. The van der Waals surface area contributed by atoms with Crippen molar-refractivity contribution in [3.8, 4) is 0 Å². The first kappa shape index (κ1) is 17.8. The normalized spacial score (nSPS) is 19.4. The number of aliphatic hydroxyl groups is 1. The molecule has 2 atom stereocenters. The number of hydrogen-bond acceptors (Lipinski definition) is 4. The molecule has 1 aliphatic heterocycles. The summed E-state index contributed by atoms with van der Waals surface area (Å²) in [5.74, 6) is 0.900. The smallest absolute Gasteiger partial charge is 0.170 e. The first-order valence-corrected chi connectivity index (χ1v) is 9.45. The van der Waals surface area contributed by atoms with Crippen LogP contribution in [0.25, 0.3) is 0 Å². The molecule has 0 amide bonds. The Morgan fingerprint density at radius 2 is 2.11 bits per heavy atom.